The summed E-state index contributed by atoms with van der Waals surface area (Å²) in [5.41, 5.74) is 3.24. The molecule has 4 heterocycles. The van der Waals surface area contributed by atoms with Gasteiger partial charge in [-0.15, -0.1) is 22.7 Å². The molecule has 23 heavy (non-hydrogen) atoms. The molecule has 0 amide bonds. The lowest BCUT2D eigenvalue weighted by Crippen LogP contribution is -2.43. The average molecular weight is 410 g/mol. The van der Waals surface area contributed by atoms with E-state index in [2.05, 4.69) is 55.9 Å². The van der Waals surface area contributed by atoms with E-state index in [4.69, 9.17) is 0 Å². The molecule has 1 unspecified atom stereocenters. The van der Waals surface area contributed by atoms with Gasteiger partial charge in [-0.2, -0.15) is 0 Å². The standard InChI is InChI=1S/C18H21NS2.CH3Br/c1-2-9-19-10-8-14(13-15(19)5-1)18(16-6-3-11-20-16)17-7-4-12-21-17;1-2/h3-4,6-7,11-12,15H,1-2,5,8-10,13H2;1H3. The second kappa shape index (κ2) is 8.61. The number of halogens is 1. The van der Waals surface area contributed by atoms with Gasteiger partial charge in [-0.1, -0.05) is 40.1 Å². The zero-order valence-corrected chi connectivity index (χ0v) is 16.9. The van der Waals surface area contributed by atoms with E-state index in [1.807, 2.05) is 28.5 Å². The number of fused-ring (bicyclic) bond motifs is 1. The minimum atomic E-state index is 0.803. The van der Waals surface area contributed by atoms with E-state index in [9.17, 15) is 0 Å². The van der Waals surface area contributed by atoms with Crippen molar-refractivity contribution in [2.24, 2.45) is 0 Å². The van der Waals surface area contributed by atoms with E-state index in [1.165, 1.54) is 54.9 Å². The third kappa shape index (κ3) is 3.98. The van der Waals surface area contributed by atoms with Crippen molar-refractivity contribution in [2.45, 2.75) is 38.1 Å². The third-order valence-electron chi connectivity index (χ3n) is 4.82. The highest BCUT2D eigenvalue weighted by Crippen LogP contribution is 2.39. The van der Waals surface area contributed by atoms with Crippen LogP contribution in [0.5, 0.6) is 0 Å². The fraction of sp³-hybridized carbons (Fsp3) is 0.474. The van der Waals surface area contributed by atoms with Crippen LogP contribution in [0.4, 0.5) is 0 Å². The van der Waals surface area contributed by atoms with Crippen LogP contribution >= 0.6 is 38.6 Å². The zero-order chi connectivity index (χ0) is 16.1. The molecule has 2 aromatic heterocycles. The van der Waals surface area contributed by atoms with Crippen LogP contribution in [0.15, 0.2) is 40.6 Å². The number of nitrogens with zero attached hydrogens (tertiary/aromatic N) is 1. The number of hydrogen-bond acceptors (Lipinski definition) is 3. The lowest BCUT2D eigenvalue weighted by Gasteiger charge is -2.40. The molecule has 2 fully saturated rings. The van der Waals surface area contributed by atoms with Crippen LogP contribution < -0.4 is 0 Å². The van der Waals surface area contributed by atoms with Gasteiger partial charge in [0.1, 0.15) is 0 Å². The normalized spacial score (nSPS) is 21.3. The van der Waals surface area contributed by atoms with Crippen molar-refractivity contribution in [2.75, 3.05) is 18.9 Å². The van der Waals surface area contributed by atoms with Crippen LogP contribution in [-0.2, 0) is 0 Å². The Hall–Kier alpha value is -0.420. The summed E-state index contributed by atoms with van der Waals surface area (Å²) in [4.78, 5) is 5.64. The molecule has 2 aliphatic heterocycles. The summed E-state index contributed by atoms with van der Waals surface area (Å²) in [6.07, 6.45) is 6.75. The van der Waals surface area contributed by atoms with Gasteiger partial charge in [-0.05, 0) is 61.0 Å². The Morgan fingerprint density at radius 2 is 1.74 bits per heavy atom. The summed E-state index contributed by atoms with van der Waals surface area (Å²) in [7, 11) is 0. The largest absolute Gasteiger partial charge is 0.300 e. The average Bonchev–Trinajstić information content (AvgIpc) is 3.31. The first kappa shape index (κ1) is 17.4. The van der Waals surface area contributed by atoms with E-state index in [0.717, 1.165) is 6.04 Å². The maximum atomic E-state index is 2.94. The molecule has 1 atom stereocenters. The van der Waals surface area contributed by atoms with Gasteiger partial charge in [0.25, 0.3) is 0 Å². The molecule has 4 rings (SSSR count). The zero-order valence-electron chi connectivity index (χ0n) is 13.6. The summed E-state index contributed by atoms with van der Waals surface area (Å²) in [6.45, 7) is 2.59. The SMILES string of the molecule is CBr.c1csc(C(=C2CCN3CCCCC3C2)c2cccs2)c1. The van der Waals surface area contributed by atoms with Crippen molar-refractivity contribution >= 4 is 44.2 Å². The van der Waals surface area contributed by atoms with Gasteiger partial charge in [0.15, 0.2) is 0 Å². The number of thiophene rings is 2. The first-order chi connectivity index (χ1) is 11.4. The topological polar surface area (TPSA) is 3.24 Å². The molecule has 0 aliphatic carbocycles. The van der Waals surface area contributed by atoms with E-state index >= 15 is 0 Å². The Kier molecular flexibility index (Phi) is 6.52. The predicted octanol–water partition coefficient (Wildman–Crippen LogP) is 6.27. The van der Waals surface area contributed by atoms with Crippen molar-refractivity contribution in [1.29, 1.82) is 0 Å². The highest BCUT2D eigenvalue weighted by Gasteiger charge is 2.29. The van der Waals surface area contributed by atoms with Gasteiger partial charge in [0.05, 0.1) is 0 Å². The number of piperidine rings is 2. The number of rotatable bonds is 2. The lowest BCUT2D eigenvalue weighted by atomic mass is 9.86. The molecule has 2 aromatic rings. The van der Waals surface area contributed by atoms with Crippen LogP contribution in [0.1, 0.15) is 41.9 Å². The quantitative estimate of drug-likeness (QED) is 0.528. The minimum absolute atomic E-state index is 0.803. The minimum Gasteiger partial charge on any atom is -0.300 e. The molecule has 0 radical (unpaired) electrons. The Labute approximate surface area is 156 Å². The van der Waals surface area contributed by atoms with E-state index < -0.39 is 0 Å². The molecule has 4 heteroatoms. The second-order valence-corrected chi connectivity index (χ2v) is 7.97. The Morgan fingerprint density at radius 3 is 2.35 bits per heavy atom. The Balaban J connectivity index is 0.000000753. The van der Waals surface area contributed by atoms with Crippen molar-refractivity contribution < 1.29 is 0 Å². The van der Waals surface area contributed by atoms with E-state index in [1.54, 1.807) is 11.1 Å². The molecule has 0 aromatic carbocycles. The van der Waals surface area contributed by atoms with Gasteiger partial charge in [0, 0.05) is 27.9 Å². The molecule has 0 saturated carbocycles. The molecule has 1 nitrogen and oxygen atoms in total. The summed E-state index contributed by atoms with van der Waals surface area (Å²) >= 11 is 6.71. The first-order valence-corrected chi connectivity index (χ1v) is 11.7. The van der Waals surface area contributed by atoms with E-state index in [0.29, 0.717) is 0 Å². The smallest absolute Gasteiger partial charge is 0.0356 e. The second-order valence-electron chi connectivity index (χ2n) is 6.07. The van der Waals surface area contributed by atoms with Crippen molar-refractivity contribution in [1.82, 2.24) is 4.90 Å². The van der Waals surface area contributed by atoms with Crippen molar-refractivity contribution in [3.8, 4) is 0 Å². The summed E-state index contributed by atoms with van der Waals surface area (Å²) in [6, 6.07) is 9.76. The Bertz CT molecular complexity index is 580. The van der Waals surface area contributed by atoms with Gasteiger partial charge >= 0.3 is 0 Å². The molecular formula is C19H24BrNS2. The summed E-state index contributed by atoms with van der Waals surface area (Å²) < 4.78 is 0. The highest BCUT2D eigenvalue weighted by molar-refractivity contribution is 9.08. The van der Waals surface area contributed by atoms with Gasteiger partial charge in [-0.3, -0.25) is 4.90 Å². The fourth-order valence-electron chi connectivity index (χ4n) is 3.79. The van der Waals surface area contributed by atoms with Crippen LogP contribution in [-0.4, -0.2) is 29.9 Å². The van der Waals surface area contributed by atoms with E-state index in [-0.39, 0.29) is 0 Å². The lowest BCUT2D eigenvalue weighted by molar-refractivity contribution is 0.130. The van der Waals surface area contributed by atoms with Crippen LogP contribution in [0, 0.1) is 0 Å². The van der Waals surface area contributed by atoms with Gasteiger partial charge in [-0.25, -0.2) is 0 Å². The van der Waals surface area contributed by atoms with Crippen molar-refractivity contribution in [3.63, 3.8) is 0 Å². The predicted molar refractivity (Wildman–Crippen MR) is 108 cm³/mol. The summed E-state index contributed by atoms with van der Waals surface area (Å²) in [5.74, 6) is 1.81. The van der Waals surface area contributed by atoms with Crippen LogP contribution in [0.3, 0.4) is 0 Å². The first-order valence-electron chi connectivity index (χ1n) is 8.33. The highest BCUT2D eigenvalue weighted by atomic mass is 79.9. The molecule has 0 N–H and O–H groups in total. The summed E-state index contributed by atoms with van der Waals surface area (Å²) in [5, 5.41) is 4.42. The maximum Gasteiger partial charge on any atom is 0.0356 e. The number of hydrogen-bond donors (Lipinski definition) is 0. The molecule has 2 aliphatic rings. The Morgan fingerprint density at radius 1 is 1.04 bits per heavy atom. The van der Waals surface area contributed by atoms with Crippen LogP contribution in [0.25, 0.3) is 5.57 Å². The maximum absolute atomic E-state index is 2.94. The van der Waals surface area contributed by atoms with Crippen molar-refractivity contribution in [3.05, 3.63) is 50.4 Å². The molecule has 0 bridgehead atoms. The monoisotopic (exact) mass is 409 g/mol. The molecule has 0 spiro atoms. The van der Waals surface area contributed by atoms with Gasteiger partial charge in [0.2, 0.25) is 0 Å². The fourth-order valence-corrected chi connectivity index (χ4v) is 5.52. The molecule has 124 valence electrons. The number of alkyl halides is 1. The van der Waals surface area contributed by atoms with Crippen LogP contribution in [0.2, 0.25) is 0 Å². The van der Waals surface area contributed by atoms with Gasteiger partial charge < -0.3 is 0 Å². The molecule has 2 saturated heterocycles. The molecular weight excluding hydrogens is 386 g/mol. The third-order valence-corrected chi connectivity index (χ3v) is 6.60.